The Morgan fingerprint density at radius 2 is 2.20 bits per heavy atom. The number of ether oxygens (including phenoxy) is 1. The summed E-state index contributed by atoms with van der Waals surface area (Å²) in [5.74, 6) is 1.82. The summed E-state index contributed by atoms with van der Waals surface area (Å²) in [5.41, 5.74) is 4.07. The molecular weight excluding hydrogens is 314 g/mol. The molecule has 25 heavy (non-hydrogen) atoms. The van der Waals surface area contributed by atoms with Crippen LogP contribution in [0.5, 0.6) is 5.75 Å². The largest absolute Gasteiger partial charge is 0.491 e. The van der Waals surface area contributed by atoms with Crippen LogP contribution >= 0.6 is 0 Å². The zero-order valence-electron chi connectivity index (χ0n) is 15.1. The van der Waals surface area contributed by atoms with Crippen molar-refractivity contribution in [2.24, 2.45) is 5.92 Å². The van der Waals surface area contributed by atoms with Gasteiger partial charge >= 0.3 is 0 Å². The first-order valence-corrected chi connectivity index (χ1v) is 9.13. The highest BCUT2D eigenvalue weighted by atomic mass is 16.5. The first-order valence-electron chi connectivity index (χ1n) is 9.13. The molecule has 5 nitrogen and oxygen atoms in total. The Morgan fingerprint density at radius 1 is 1.40 bits per heavy atom. The Hall–Kier alpha value is -2.30. The van der Waals surface area contributed by atoms with E-state index in [-0.39, 0.29) is 11.9 Å². The number of benzene rings is 1. The van der Waals surface area contributed by atoms with Crippen LogP contribution in [0.4, 0.5) is 0 Å². The van der Waals surface area contributed by atoms with Crippen LogP contribution in [-0.4, -0.2) is 22.3 Å². The molecule has 0 bridgehead atoms. The Balaban J connectivity index is 1.57. The number of carbonyl (C=O) groups excluding carboxylic acids is 1. The summed E-state index contributed by atoms with van der Waals surface area (Å²) >= 11 is 0. The van der Waals surface area contributed by atoms with Gasteiger partial charge in [-0.1, -0.05) is 31.5 Å². The lowest BCUT2D eigenvalue weighted by molar-refractivity contribution is 0.0929. The van der Waals surface area contributed by atoms with Crippen molar-refractivity contribution in [3.63, 3.8) is 0 Å². The van der Waals surface area contributed by atoms with E-state index in [4.69, 9.17) is 4.74 Å². The van der Waals surface area contributed by atoms with E-state index in [0.717, 1.165) is 42.0 Å². The summed E-state index contributed by atoms with van der Waals surface area (Å²) in [7, 11) is 0. The normalized spacial score (nSPS) is 19.0. The second kappa shape index (κ2) is 6.21. The van der Waals surface area contributed by atoms with Crippen molar-refractivity contribution in [1.29, 1.82) is 0 Å². The van der Waals surface area contributed by atoms with Crippen LogP contribution in [0.2, 0.25) is 0 Å². The van der Waals surface area contributed by atoms with Crippen LogP contribution < -0.4 is 10.1 Å². The highest BCUT2D eigenvalue weighted by Gasteiger charge is 2.34. The monoisotopic (exact) mass is 339 g/mol. The van der Waals surface area contributed by atoms with Gasteiger partial charge in [0.05, 0.1) is 23.5 Å². The number of hydrogen-bond acceptors (Lipinski definition) is 3. The summed E-state index contributed by atoms with van der Waals surface area (Å²) in [4.78, 5) is 12.9. The average Bonchev–Trinajstić information content (AvgIpc) is 3.21. The number of amides is 1. The SMILES string of the molecule is Cc1ccc2c(c1)[C@H](NC(=O)c1cnn(CC(C)C)c1C1CC1)CO2. The van der Waals surface area contributed by atoms with Gasteiger partial charge in [-0.25, -0.2) is 0 Å². The van der Waals surface area contributed by atoms with E-state index in [1.54, 1.807) is 6.20 Å². The third-order valence-corrected chi connectivity index (χ3v) is 4.88. The molecule has 0 saturated heterocycles. The molecule has 0 unspecified atom stereocenters. The number of rotatable bonds is 5. The summed E-state index contributed by atoms with van der Waals surface area (Å²) in [6, 6.07) is 6.01. The third kappa shape index (κ3) is 3.15. The molecule has 1 aliphatic heterocycles. The van der Waals surface area contributed by atoms with Crippen molar-refractivity contribution in [2.75, 3.05) is 6.61 Å². The van der Waals surface area contributed by atoms with Crippen LogP contribution in [-0.2, 0) is 6.54 Å². The average molecular weight is 339 g/mol. The summed E-state index contributed by atoms with van der Waals surface area (Å²) in [5, 5.41) is 7.65. The molecule has 1 fully saturated rings. The first-order chi connectivity index (χ1) is 12.0. The van der Waals surface area contributed by atoms with Gasteiger partial charge in [0, 0.05) is 18.0 Å². The molecule has 2 aliphatic rings. The minimum absolute atomic E-state index is 0.0418. The lowest BCUT2D eigenvalue weighted by Crippen LogP contribution is -2.30. The maximum Gasteiger partial charge on any atom is 0.255 e. The number of aromatic nitrogens is 2. The number of hydrogen-bond donors (Lipinski definition) is 1. The van der Waals surface area contributed by atoms with Gasteiger partial charge < -0.3 is 10.1 Å². The maximum absolute atomic E-state index is 12.9. The lowest BCUT2D eigenvalue weighted by Gasteiger charge is -2.14. The van der Waals surface area contributed by atoms with Gasteiger partial charge in [0.2, 0.25) is 0 Å². The third-order valence-electron chi connectivity index (χ3n) is 4.88. The second-order valence-electron chi connectivity index (χ2n) is 7.67. The molecule has 132 valence electrons. The van der Waals surface area contributed by atoms with Crippen LogP contribution in [0.3, 0.4) is 0 Å². The summed E-state index contributed by atoms with van der Waals surface area (Å²) in [6.07, 6.45) is 4.04. The Labute approximate surface area is 148 Å². The maximum atomic E-state index is 12.9. The first kappa shape index (κ1) is 16.2. The highest BCUT2D eigenvalue weighted by Crippen LogP contribution is 2.42. The van der Waals surface area contributed by atoms with E-state index in [0.29, 0.717) is 18.4 Å². The van der Waals surface area contributed by atoms with Gasteiger partial charge in [-0.2, -0.15) is 5.10 Å². The molecule has 0 spiro atoms. The Bertz CT molecular complexity index is 805. The number of carbonyl (C=O) groups is 1. The summed E-state index contributed by atoms with van der Waals surface area (Å²) < 4.78 is 7.74. The van der Waals surface area contributed by atoms with E-state index in [9.17, 15) is 4.79 Å². The number of fused-ring (bicyclic) bond motifs is 1. The minimum atomic E-state index is -0.0945. The molecule has 2 heterocycles. The lowest BCUT2D eigenvalue weighted by atomic mass is 10.0. The van der Waals surface area contributed by atoms with Crippen molar-refractivity contribution >= 4 is 5.91 Å². The molecular formula is C20H25N3O2. The fourth-order valence-electron chi connectivity index (χ4n) is 3.54. The van der Waals surface area contributed by atoms with E-state index in [1.807, 2.05) is 16.8 Å². The highest BCUT2D eigenvalue weighted by molar-refractivity contribution is 5.95. The van der Waals surface area contributed by atoms with Crippen LogP contribution in [0.1, 0.15) is 65.8 Å². The van der Waals surface area contributed by atoms with Gasteiger partial charge in [0.15, 0.2) is 0 Å². The van der Waals surface area contributed by atoms with Gasteiger partial charge in [-0.05, 0) is 31.7 Å². The molecule has 2 aromatic rings. The molecule has 1 aliphatic carbocycles. The zero-order valence-corrected chi connectivity index (χ0v) is 15.1. The Morgan fingerprint density at radius 3 is 2.92 bits per heavy atom. The topological polar surface area (TPSA) is 56.2 Å². The molecule has 5 heteroatoms. The molecule has 1 amide bonds. The minimum Gasteiger partial charge on any atom is -0.491 e. The van der Waals surface area contributed by atoms with E-state index in [2.05, 4.69) is 37.3 Å². The van der Waals surface area contributed by atoms with Gasteiger partial charge in [0.1, 0.15) is 12.4 Å². The van der Waals surface area contributed by atoms with Crippen molar-refractivity contribution in [2.45, 2.75) is 52.1 Å². The zero-order chi connectivity index (χ0) is 17.6. The Kier molecular flexibility index (Phi) is 4.02. The van der Waals surface area contributed by atoms with Crippen molar-refractivity contribution < 1.29 is 9.53 Å². The molecule has 4 rings (SSSR count). The quantitative estimate of drug-likeness (QED) is 0.906. The molecule has 1 saturated carbocycles. The summed E-state index contributed by atoms with van der Waals surface area (Å²) in [6.45, 7) is 7.75. The second-order valence-corrected chi connectivity index (χ2v) is 7.67. The fraction of sp³-hybridized carbons (Fsp3) is 0.500. The molecule has 1 atom stereocenters. The fourth-order valence-corrected chi connectivity index (χ4v) is 3.54. The molecule has 1 aromatic carbocycles. The van der Waals surface area contributed by atoms with E-state index < -0.39 is 0 Å². The van der Waals surface area contributed by atoms with Crippen molar-refractivity contribution in [3.05, 3.63) is 46.8 Å². The number of nitrogens with one attached hydrogen (secondary N) is 1. The molecule has 0 radical (unpaired) electrons. The predicted molar refractivity (Wildman–Crippen MR) is 95.9 cm³/mol. The van der Waals surface area contributed by atoms with Crippen LogP contribution in [0.25, 0.3) is 0 Å². The predicted octanol–water partition coefficient (Wildman–Crippen LogP) is 3.59. The van der Waals surface area contributed by atoms with Crippen molar-refractivity contribution in [1.82, 2.24) is 15.1 Å². The van der Waals surface area contributed by atoms with E-state index in [1.165, 1.54) is 5.56 Å². The van der Waals surface area contributed by atoms with Crippen LogP contribution in [0.15, 0.2) is 24.4 Å². The van der Waals surface area contributed by atoms with Gasteiger partial charge in [-0.3, -0.25) is 9.48 Å². The molecule has 1 aromatic heterocycles. The molecule has 1 N–H and O–H groups in total. The number of aryl methyl sites for hydroxylation is 1. The number of nitrogens with zero attached hydrogens (tertiary/aromatic N) is 2. The van der Waals surface area contributed by atoms with Gasteiger partial charge in [0.25, 0.3) is 5.91 Å². The van der Waals surface area contributed by atoms with Crippen molar-refractivity contribution in [3.8, 4) is 5.75 Å². The van der Waals surface area contributed by atoms with Crippen LogP contribution in [0, 0.1) is 12.8 Å². The van der Waals surface area contributed by atoms with Gasteiger partial charge in [-0.15, -0.1) is 0 Å². The van der Waals surface area contributed by atoms with E-state index >= 15 is 0 Å². The standard InChI is InChI=1S/C20H25N3O2/c1-12(2)10-23-19(14-5-6-14)16(9-21-23)20(24)22-17-11-25-18-7-4-13(3)8-15(17)18/h4,7-9,12,14,17H,5-6,10-11H2,1-3H3,(H,22,24)/t17-/m1/s1. The smallest absolute Gasteiger partial charge is 0.255 e.